The van der Waals surface area contributed by atoms with Gasteiger partial charge in [0, 0.05) is 51.1 Å². The zero-order valence-corrected chi connectivity index (χ0v) is 18.6. The first-order valence-electron chi connectivity index (χ1n) is 11.0. The Bertz CT molecular complexity index is 1220. The van der Waals surface area contributed by atoms with Crippen molar-refractivity contribution in [1.29, 1.82) is 0 Å². The van der Waals surface area contributed by atoms with Crippen molar-refractivity contribution in [2.24, 2.45) is 0 Å². The molecule has 0 radical (unpaired) electrons. The Kier molecular flexibility index (Phi) is 5.99. The molecule has 1 fully saturated rings. The smallest absolute Gasteiger partial charge is 0.227 e. The summed E-state index contributed by atoms with van der Waals surface area (Å²) in [5, 5.41) is 17.5. The van der Waals surface area contributed by atoms with Crippen LogP contribution in [0.15, 0.2) is 53.6 Å². The molecule has 4 heterocycles. The lowest BCUT2D eigenvalue weighted by Gasteiger charge is -2.34. The van der Waals surface area contributed by atoms with Crippen molar-refractivity contribution in [2.45, 2.75) is 12.8 Å². The molecule has 0 unspecified atom stereocenters. The Labute approximate surface area is 191 Å². The number of piperazine rings is 1. The van der Waals surface area contributed by atoms with E-state index >= 15 is 0 Å². The topological polar surface area (TPSA) is 97.7 Å². The Morgan fingerprint density at radius 3 is 2.61 bits per heavy atom. The van der Waals surface area contributed by atoms with Crippen molar-refractivity contribution in [3.63, 3.8) is 0 Å². The maximum absolute atomic E-state index is 5.44. The average Bonchev–Trinajstić information content (AvgIpc) is 3.50. The molecule has 5 rings (SSSR count). The normalized spacial score (nSPS) is 14.6. The minimum atomic E-state index is 0.548. The molecule has 0 atom stereocenters. The lowest BCUT2D eigenvalue weighted by atomic mass is 10.2. The van der Waals surface area contributed by atoms with Gasteiger partial charge in [0.05, 0.1) is 7.11 Å². The zero-order chi connectivity index (χ0) is 22.6. The van der Waals surface area contributed by atoms with Crippen LogP contribution < -0.4 is 9.64 Å². The first kappa shape index (κ1) is 21.1. The number of nitrogens with zero attached hydrogens (tertiary/aromatic N) is 8. The van der Waals surface area contributed by atoms with E-state index < -0.39 is 0 Å². The molecule has 0 amide bonds. The van der Waals surface area contributed by atoms with E-state index in [2.05, 4.69) is 36.7 Å². The molecule has 10 nitrogen and oxygen atoms in total. The molecule has 0 saturated carbocycles. The van der Waals surface area contributed by atoms with Gasteiger partial charge in [-0.1, -0.05) is 11.2 Å². The van der Waals surface area contributed by atoms with Crippen LogP contribution in [0, 0.1) is 0 Å². The van der Waals surface area contributed by atoms with Crippen LogP contribution in [0.4, 0.5) is 5.82 Å². The highest BCUT2D eigenvalue weighted by atomic mass is 16.5. The van der Waals surface area contributed by atoms with E-state index in [0.29, 0.717) is 24.6 Å². The van der Waals surface area contributed by atoms with E-state index in [9.17, 15) is 0 Å². The SMILES string of the molecule is C=CCN1CCN(c2ccc3nnc(CCc4nc(-c5ccc(OC)cc5)no4)n3n2)CC1. The summed E-state index contributed by atoms with van der Waals surface area (Å²) in [5.74, 6) is 3.58. The minimum absolute atomic E-state index is 0.548. The summed E-state index contributed by atoms with van der Waals surface area (Å²) in [4.78, 5) is 9.19. The third-order valence-electron chi connectivity index (χ3n) is 5.78. The Balaban J connectivity index is 1.26. The summed E-state index contributed by atoms with van der Waals surface area (Å²) in [5.41, 5.74) is 1.60. The first-order chi connectivity index (χ1) is 16.2. The van der Waals surface area contributed by atoms with E-state index in [1.807, 2.05) is 47.0 Å². The highest BCUT2D eigenvalue weighted by Crippen LogP contribution is 2.20. The fourth-order valence-corrected chi connectivity index (χ4v) is 3.92. The number of anilines is 1. The molecule has 0 bridgehead atoms. The van der Waals surface area contributed by atoms with Gasteiger partial charge in [-0.15, -0.1) is 21.9 Å². The summed E-state index contributed by atoms with van der Waals surface area (Å²) >= 11 is 0. The number of ether oxygens (including phenoxy) is 1. The van der Waals surface area contributed by atoms with E-state index in [0.717, 1.165) is 61.3 Å². The van der Waals surface area contributed by atoms with E-state index in [1.54, 1.807) is 7.11 Å². The monoisotopic (exact) mass is 446 g/mol. The highest BCUT2D eigenvalue weighted by molar-refractivity contribution is 5.55. The number of benzene rings is 1. The fourth-order valence-electron chi connectivity index (χ4n) is 3.92. The van der Waals surface area contributed by atoms with E-state index in [-0.39, 0.29) is 0 Å². The molecule has 0 spiro atoms. The van der Waals surface area contributed by atoms with Gasteiger partial charge in [-0.3, -0.25) is 4.90 Å². The van der Waals surface area contributed by atoms with Crippen molar-refractivity contribution in [3.8, 4) is 17.1 Å². The predicted octanol–water partition coefficient (Wildman–Crippen LogP) is 2.28. The Hall–Kier alpha value is -3.79. The molecule has 1 aliphatic rings. The Morgan fingerprint density at radius 2 is 1.85 bits per heavy atom. The highest BCUT2D eigenvalue weighted by Gasteiger charge is 2.19. The largest absolute Gasteiger partial charge is 0.497 e. The van der Waals surface area contributed by atoms with Crippen LogP contribution in [0.3, 0.4) is 0 Å². The molecule has 4 aromatic rings. The minimum Gasteiger partial charge on any atom is -0.497 e. The van der Waals surface area contributed by atoms with Crippen LogP contribution in [0.1, 0.15) is 11.7 Å². The molecule has 0 aliphatic carbocycles. The molecule has 10 heteroatoms. The van der Waals surface area contributed by atoms with Crippen molar-refractivity contribution in [3.05, 3.63) is 60.8 Å². The zero-order valence-electron chi connectivity index (χ0n) is 18.6. The van der Waals surface area contributed by atoms with Crippen LogP contribution in [0.2, 0.25) is 0 Å². The van der Waals surface area contributed by atoms with Gasteiger partial charge in [-0.25, -0.2) is 0 Å². The summed E-state index contributed by atoms with van der Waals surface area (Å²) < 4.78 is 12.4. The maximum Gasteiger partial charge on any atom is 0.227 e. The predicted molar refractivity (Wildman–Crippen MR) is 123 cm³/mol. The van der Waals surface area contributed by atoms with E-state index in [4.69, 9.17) is 14.4 Å². The number of hydrogen-bond donors (Lipinski definition) is 0. The average molecular weight is 447 g/mol. The second-order valence-corrected chi connectivity index (χ2v) is 7.89. The van der Waals surface area contributed by atoms with Gasteiger partial charge in [-0.2, -0.15) is 9.50 Å². The second-order valence-electron chi connectivity index (χ2n) is 7.89. The quantitative estimate of drug-likeness (QED) is 0.378. The van der Waals surface area contributed by atoms with Crippen LogP contribution >= 0.6 is 0 Å². The van der Waals surface area contributed by atoms with Gasteiger partial charge in [-0.05, 0) is 36.4 Å². The molecule has 1 aliphatic heterocycles. The molecule has 1 saturated heterocycles. The third-order valence-corrected chi connectivity index (χ3v) is 5.78. The first-order valence-corrected chi connectivity index (χ1v) is 11.0. The van der Waals surface area contributed by atoms with E-state index in [1.165, 1.54) is 0 Å². The molecular formula is C23H26N8O2. The summed E-state index contributed by atoms with van der Waals surface area (Å²) in [6.07, 6.45) is 3.10. The molecule has 1 aromatic carbocycles. The molecule has 33 heavy (non-hydrogen) atoms. The molecule has 0 N–H and O–H groups in total. The second kappa shape index (κ2) is 9.37. The molecular weight excluding hydrogens is 420 g/mol. The summed E-state index contributed by atoms with van der Waals surface area (Å²) in [6, 6.07) is 11.5. The third kappa shape index (κ3) is 4.56. The number of rotatable bonds is 8. The van der Waals surface area contributed by atoms with Crippen molar-refractivity contribution >= 4 is 11.5 Å². The van der Waals surface area contributed by atoms with Crippen LogP contribution in [-0.2, 0) is 12.8 Å². The Morgan fingerprint density at radius 1 is 1.03 bits per heavy atom. The van der Waals surface area contributed by atoms with Crippen LogP contribution in [0.5, 0.6) is 5.75 Å². The summed E-state index contributed by atoms with van der Waals surface area (Å²) in [6.45, 7) is 8.60. The van der Waals surface area contributed by atoms with Crippen LogP contribution in [0.25, 0.3) is 17.0 Å². The fraction of sp³-hybridized carbons (Fsp3) is 0.348. The van der Waals surface area contributed by atoms with Gasteiger partial charge >= 0.3 is 0 Å². The van der Waals surface area contributed by atoms with Crippen LogP contribution in [-0.4, -0.2) is 74.7 Å². The lowest BCUT2D eigenvalue weighted by Crippen LogP contribution is -2.46. The maximum atomic E-state index is 5.44. The molecule has 3 aromatic heterocycles. The number of methoxy groups -OCH3 is 1. The standard InChI is InChI=1S/C23H26N8O2/c1-3-12-29-13-15-30(16-14-29)21-9-8-19-25-26-20(31(19)27-21)10-11-22-24-23(28-33-22)17-4-6-18(32-2)7-5-17/h3-9H,1,10-16H2,2H3. The van der Waals surface area contributed by atoms with Crippen molar-refractivity contribution < 1.29 is 9.26 Å². The van der Waals surface area contributed by atoms with Gasteiger partial charge in [0.25, 0.3) is 0 Å². The molecule has 170 valence electrons. The number of fused-ring (bicyclic) bond motifs is 1. The number of hydrogen-bond acceptors (Lipinski definition) is 9. The van der Waals surface area contributed by atoms with Crippen molar-refractivity contribution in [1.82, 2.24) is 34.9 Å². The number of aryl methyl sites for hydroxylation is 2. The number of aromatic nitrogens is 6. The van der Waals surface area contributed by atoms with Gasteiger partial charge in [0.2, 0.25) is 11.7 Å². The summed E-state index contributed by atoms with van der Waals surface area (Å²) in [7, 11) is 1.64. The van der Waals surface area contributed by atoms with Gasteiger partial charge in [0.1, 0.15) is 11.6 Å². The van der Waals surface area contributed by atoms with Gasteiger partial charge in [0.15, 0.2) is 11.5 Å². The van der Waals surface area contributed by atoms with Gasteiger partial charge < -0.3 is 14.2 Å². The van der Waals surface area contributed by atoms with Crippen molar-refractivity contribution in [2.75, 3.05) is 44.7 Å². The lowest BCUT2D eigenvalue weighted by molar-refractivity contribution is 0.283.